The van der Waals surface area contributed by atoms with Crippen LogP contribution in [-0.4, -0.2) is 12.1 Å². The number of carbonyl (C=O) groups is 1. The van der Waals surface area contributed by atoms with Crippen LogP contribution in [0, 0.1) is 3.57 Å². The summed E-state index contributed by atoms with van der Waals surface area (Å²) in [5, 5.41) is 4.71. The first-order valence-electron chi connectivity index (χ1n) is 8.17. The highest BCUT2D eigenvalue weighted by molar-refractivity contribution is 14.1. The molecule has 0 spiro atoms. The lowest BCUT2D eigenvalue weighted by Crippen LogP contribution is -2.17. The number of hydrogen-bond donors (Lipinski definition) is 1. The predicted molar refractivity (Wildman–Crippen MR) is 116 cm³/mol. The molecule has 0 fully saturated rings. The first-order chi connectivity index (χ1) is 13.1. The van der Waals surface area contributed by atoms with Gasteiger partial charge in [-0.15, -0.1) is 0 Å². The first kappa shape index (κ1) is 19.4. The van der Waals surface area contributed by atoms with Crippen LogP contribution in [0.5, 0.6) is 5.75 Å². The van der Waals surface area contributed by atoms with E-state index in [0.717, 1.165) is 14.7 Å². The summed E-state index contributed by atoms with van der Waals surface area (Å²) >= 11 is 8.33. The number of hydrogen-bond acceptors (Lipinski definition) is 3. The molecule has 0 aliphatic carbocycles. The summed E-state index contributed by atoms with van der Waals surface area (Å²) in [6, 6.07) is 22.3. The number of hydrazone groups is 1. The average molecular weight is 491 g/mol. The minimum atomic E-state index is -0.265. The number of halogens is 2. The number of nitrogens with zero attached hydrogens (tertiary/aromatic N) is 1. The molecule has 0 saturated carbocycles. The van der Waals surface area contributed by atoms with E-state index in [1.165, 1.54) is 0 Å². The van der Waals surface area contributed by atoms with Gasteiger partial charge in [0.1, 0.15) is 12.4 Å². The van der Waals surface area contributed by atoms with Gasteiger partial charge in [0.05, 0.1) is 6.21 Å². The van der Waals surface area contributed by atoms with Crippen molar-refractivity contribution in [3.63, 3.8) is 0 Å². The molecule has 3 aromatic rings. The van der Waals surface area contributed by atoms with E-state index in [4.69, 9.17) is 16.3 Å². The normalized spacial score (nSPS) is 10.7. The molecule has 0 aliphatic rings. The number of nitrogens with one attached hydrogen (secondary N) is 1. The van der Waals surface area contributed by atoms with E-state index in [0.29, 0.717) is 22.9 Å². The van der Waals surface area contributed by atoms with Gasteiger partial charge in [0.2, 0.25) is 0 Å². The van der Waals surface area contributed by atoms with Gasteiger partial charge >= 0.3 is 0 Å². The number of para-hydroxylation sites is 1. The fourth-order valence-corrected chi connectivity index (χ4v) is 3.08. The largest absolute Gasteiger partial charge is 0.488 e. The molecule has 3 aromatic carbocycles. The highest BCUT2D eigenvalue weighted by atomic mass is 127. The van der Waals surface area contributed by atoms with Gasteiger partial charge in [0.15, 0.2) is 0 Å². The van der Waals surface area contributed by atoms with E-state index in [9.17, 15) is 4.79 Å². The van der Waals surface area contributed by atoms with E-state index in [1.54, 1.807) is 18.3 Å². The topological polar surface area (TPSA) is 50.7 Å². The molecule has 1 N–H and O–H groups in total. The van der Waals surface area contributed by atoms with Crippen LogP contribution in [0.2, 0.25) is 5.02 Å². The van der Waals surface area contributed by atoms with Crippen molar-refractivity contribution < 1.29 is 9.53 Å². The van der Waals surface area contributed by atoms with Gasteiger partial charge in [-0.25, -0.2) is 5.43 Å². The van der Waals surface area contributed by atoms with Gasteiger partial charge in [-0.3, -0.25) is 4.79 Å². The molecule has 0 bridgehead atoms. The molecule has 6 heteroatoms. The summed E-state index contributed by atoms with van der Waals surface area (Å²) in [7, 11) is 0. The van der Waals surface area contributed by atoms with Gasteiger partial charge in [0.25, 0.3) is 5.91 Å². The Morgan fingerprint density at radius 3 is 2.67 bits per heavy atom. The van der Waals surface area contributed by atoms with Crippen LogP contribution >= 0.6 is 34.2 Å². The Hall–Kier alpha value is -2.38. The maximum atomic E-state index is 12.1. The van der Waals surface area contributed by atoms with E-state index in [1.807, 2.05) is 60.7 Å². The van der Waals surface area contributed by atoms with Gasteiger partial charge < -0.3 is 4.74 Å². The summed E-state index contributed by atoms with van der Waals surface area (Å²) in [5.41, 5.74) is 4.75. The maximum absolute atomic E-state index is 12.1. The summed E-state index contributed by atoms with van der Waals surface area (Å²) < 4.78 is 6.86. The van der Waals surface area contributed by atoms with Crippen molar-refractivity contribution in [2.45, 2.75) is 6.61 Å². The van der Waals surface area contributed by atoms with E-state index >= 15 is 0 Å². The zero-order chi connectivity index (χ0) is 19.1. The van der Waals surface area contributed by atoms with Crippen LogP contribution in [0.15, 0.2) is 77.9 Å². The van der Waals surface area contributed by atoms with Crippen molar-refractivity contribution in [1.29, 1.82) is 0 Å². The molecule has 0 radical (unpaired) electrons. The standard InChI is InChI=1S/C21H16ClIN2O2/c22-19-10-3-1-7-17(19)14-27-20-11-4-2-6-16(20)13-24-25-21(26)15-8-5-9-18(23)12-15/h1-13H,14H2,(H,25,26)/b24-13-. The van der Waals surface area contributed by atoms with Gasteiger partial charge in [0, 0.05) is 25.3 Å². The summed E-state index contributed by atoms with van der Waals surface area (Å²) in [4.78, 5) is 12.1. The predicted octanol–water partition coefficient (Wildman–Crippen LogP) is 5.29. The smallest absolute Gasteiger partial charge is 0.271 e. The van der Waals surface area contributed by atoms with Gasteiger partial charge in [-0.1, -0.05) is 48.0 Å². The Bertz CT molecular complexity index is 976. The van der Waals surface area contributed by atoms with Crippen LogP contribution in [0.25, 0.3) is 0 Å². The first-order valence-corrected chi connectivity index (χ1v) is 9.63. The number of rotatable bonds is 6. The van der Waals surface area contributed by atoms with E-state index in [-0.39, 0.29) is 5.91 Å². The molecule has 0 atom stereocenters. The molecule has 0 saturated heterocycles. The molecule has 0 heterocycles. The highest BCUT2D eigenvalue weighted by Gasteiger charge is 2.06. The van der Waals surface area contributed by atoms with Gasteiger partial charge in [-0.05, 0) is 59.0 Å². The molecule has 0 aromatic heterocycles. The van der Waals surface area contributed by atoms with E-state index in [2.05, 4.69) is 33.1 Å². The van der Waals surface area contributed by atoms with Crippen LogP contribution in [0.4, 0.5) is 0 Å². The minimum absolute atomic E-state index is 0.265. The number of benzene rings is 3. The van der Waals surface area contributed by atoms with Crippen LogP contribution in [-0.2, 0) is 6.61 Å². The monoisotopic (exact) mass is 490 g/mol. The lowest BCUT2D eigenvalue weighted by atomic mass is 10.2. The second-order valence-electron chi connectivity index (χ2n) is 5.63. The molecule has 4 nitrogen and oxygen atoms in total. The highest BCUT2D eigenvalue weighted by Crippen LogP contribution is 2.21. The zero-order valence-corrected chi connectivity index (χ0v) is 17.1. The summed E-state index contributed by atoms with van der Waals surface area (Å²) in [5.74, 6) is 0.393. The molecule has 1 amide bonds. The van der Waals surface area contributed by atoms with Crippen molar-refractivity contribution in [3.05, 3.63) is 98.1 Å². The molecule has 0 aliphatic heterocycles. The lowest BCUT2D eigenvalue weighted by molar-refractivity contribution is 0.0955. The third-order valence-electron chi connectivity index (χ3n) is 3.72. The molecule has 27 heavy (non-hydrogen) atoms. The molecular formula is C21H16ClIN2O2. The second kappa shape index (κ2) is 9.53. The Morgan fingerprint density at radius 2 is 1.85 bits per heavy atom. The van der Waals surface area contributed by atoms with Crippen molar-refractivity contribution in [2.75, 3.05) is 0 Å². The maximum Gasteiger partial charge on any atom is 0.271 e. The number of amides is 1. The number of carbonyl (C=O) groups excluding carboxylic acids is 1. The SMILES string of the molecule is O=C(N/N=C\c1ccccc1OCc1ccccc1Cl)c1cccc(I)c1. The Labute approximate surface area is 176 Å². The second-order valence-corrected chi connectivity index (χ2v) is 7.28. The Balaban J connectivity index is 1.66. The van der Waals surface area contributed by atoms with Crippen molar-refractivity contribution in [2.24, 2.45) is 5.10 Å². The Kier molecular flexibility index (Phi) is 6.84. The summed E-state index contributed by atoms with van der Waals surface area (Å²) in [6.45, 7) is 0.347. The fraction of sp³-hybridized carbons (Fsp3) is 0.0476. The van der Waals surface area contributed by atoms with Crippen LogP contribution in [0.3, 0.4) is 0 Å². The molecular weight excluding hydrogens is 475 g/mol. The van der Waals surface area contributed by atoms with Crippen molar-refractivity contribution >= 4 is 46.3 Å². The third kappa shape index (κ3) is 5.55. The fourth-order valence-electron chi connectivity index (χ4n) is 2.34. The van der Waals surface area contributed by atoms with Gasteiger partial charge in [-0.2, -0.15) is 5.10 Å². The molecule has 136 valence electrons. The summed E-state index contributed by atoms with van der Waals surface area (Å²) in [6.07, 6.45) is 1.56. The quantitative estimate of drug-likeness (QED) is 0.290. The average Bonchev–Trinajstić information content (AvgIpc) is 2.68. The molecule has 0 unspecified atom stereocenters. The third-order valence-corrected chi connectivity index (χ3v) is 4.76. The van der Waals surface area contributed by atoms with Crippen molar-refractivity contribution in [3.8, 4) is 5.75 Å². The molecule has 3 rings (SSSR count). The lowest BCUT2D eigenvalue weighted by Gasteiger charge is -2.10. The Morgan fingerprint density at radius 1 is 1.07 bits per heavy atom. The number of ether oxygens (including phenoxy) is 1. The van der Waals surface area contributed by atoms with E-state index < -0.39 is 0 Å². The van der Waals surface area contributed by atoms with Crippen LogP contribution < -0.4 is 10.2 Å². The zero-order valence-electron chi connectivity index (χ0n) is 14.2. The van der Waals surface area contributed by atoms with Crippen molar-refractivity contribution in [1.82, 2.24) is 5.43 Å². The van der Waals surface area contributed by atoms with Crippen LogP contribution in [0.1, 0.15) is 21.5 Å². The minimum Gasteiger partial charge on any atom is -0.488 e.